The van der Waals surface area contributed by atoms with Crippen molar-refractivity contribution in [1.29, 1.82) is 0 Å². The van der Waals surface area contributed by atoms with Gasteiger partial charge in [-0.3, -0.25) is 0 Å². The number of benzene rings is 1. The van der Waals surface area contributed by atoms with Crippen molar-refractivity contribution < 1.29 is 4.74 Å². The van der Waals surface area contributed by atoms with Crippen molar-refractivity contribution in [2.75, 3.05) is 12.4 Å². The molecule has 1 rings (SSSR count). The van der Waals surface area contributed by atoms with Gasteiger partial charge in [0.15, 0.2) is 0 Å². The van der Waals surface area contributed by atoms with Gasteiger partial charge < -0.3 is 4.74 Å². The van der Waals surface area contributed by atoms with Crippen molar-refractivity contribution in [3.63, 3.8) is 0 Å². The van der Waals surface area contributed by atoms with Crippen LogP contribution in [0.25, 0.3) is 0 Å². The van der Waals surface area contributed by atoms with E-state index in [0.29, 0.717) is 12.4 Å². The number of thioether (sulfide) groups is 1. The summed E-state index contributed by atoms with van der Waals surface area (Å²) in [5, 5.41) is 0. The predicted molar refractivity (Wildman–Crippen MR) is 53.6 cm³/mol. The molecular weight excluding hydrogens is 167 g/mol. The summed E-state index contributed by atoms with van der Waals surface area (Å²) in [5.41, 5.74) is 1.28. The normalized spacial score (nSPS) is 10.1. The van der Waals surface area contributed by atoms with Crippen LogP contribution in [0.4, 0.5) is 0 Å². The Morgan fingerprint density at radius 2 is 2.00 bits per heavy atom. The molecule has 0 fully saturated rings. The Morgan fingerprint density at radius 3 is 2.58 bits per heavy atom. The fourth-order valence-electron chi connectivity index (χ4n) is 0.792. The summed E-state index contributed by atoms with van der Waals surface area (Å²) in [5.74, 6) is 0.625. The number of ether oxygens (including phenoxy) is 1. The molecule has 0 heterocycles. The molecule has 0 aliphatic rings. The molecule has 12 heavy (non-hydrogen) atoms. The first-order valence-electron chi connectivity index (χ1n) is 3.80. The summed E-state index contributed by atoms with van der Waals surface area (Å²) in [6.07, 6.45) is 0. The first kappa shape index (κ1) is 9.68. The van der Waals surface area contributed by atoms with E-state index in [1.807, 2.05) is 0 Å². The van der Waals surface area contributed by atoms with Crippen molar-refractivity contribution in [3.05, 3.63) is 29.8 Å². The highest BCUT2D eigenvalue weighted by Gasteiger charge is 1.91. The molecule has 0 N–H and O–H groups in total. The first-order chi connectivity index (χ1) is 5.83. The summed E-state index contributed by atoms with van der Waals surface area (Å²) < 4.78 is 5.01. The van der Waals surface area contributed by atoms with Crippen LogP contribution in [-0.2, 0) is 4.74 Å². The lowest BCUT2D eigenvalue weighted by molar-refractivity contribution is 0.236. The highest BCUT2D eigenvalue weighted by molar-refractivity contribution is 7.99. The summed E-state index contributed by atoms with van der Waals surface area (Å²) >= 11 is 1.65. The van der Waals surface area contributed by atoms with E-state index in [1.54, 1.807) is 11.8 Å². The van der Waals surface area contributed by atoms with Gasteiger partial charge in [0.2, 0.25) is 0 Å². The van der Waals surface area contributed by atoms with E-state index in [4.69, 9.17) is 12.6 Å². The van der Waals surface area contributed by atoms with Crippen molar-refractivity contribution >= 4 is 19.6 Å². The number of hydrogen-bond donors (Lipinski definition) is 0. The van der Waals surface area contributed by atoms with E-state index in [-0.39, 0.29) is 0 Å². The SMILES string of the molecule is [B]COCSc1ccc(C)cc1. The highest BCUT2D eigenvalue weighted by Crippen LogP contribution is 2.17. The first-order valence-corrected chi connectivity index (χ1v) is 4.79. The van der Waals surface area contributed by atoms with Crippen LogP contribution in [-0.4, -0.2) is 20.3 Å². The average Bonchev–Trinajstić information content (AvgIpc) is 2.09. The van der Waals surface area contributed by atoms with Gasteiger partial charge in [0.05, 0.1) is 5.94 Å². The molecule has 1 aromatic carbocycles. The molecule has 2 radical (unpaired) electrons. The molecule has 0 bridgehead atoms. The molecule has 0 saturated heterocycles. The summed E-state index contributed by atoms with van der Waals surface area (Å²) in [6.45, 7) is 2.36. The molecule has 0 aromatic heterocycles. The van der Waals surface area contributed by atoms with E-state index in [0.717, 1.165) is 0 Å². The van der Waals surface area contributed by atoms with Gasteiger partial charge >= 0.3 is 0 Å². The zero-order valence-corrected chi connectivity index (χ0v) is 7.93. The van der Waals surface area contributed by atoms with Gasteiger partial charge in [-0.25, -0.2) is 0 Å². The predicted octanol–water partition coefficient (Wildman–Crippen LogP) is 2.19. The second-order valence-electron chi connectivity index (χ2n) is 2.45. The largest absolute Gasteiger partial charge is 0.380 e. The Labute approximate surface area is 78.9 Å². The van der Waals surface area contributed by atoms with Crippen molar-refractivity contribution in [3.8, 4) is 0 Å². The molecule has 0 unspecified atom stereocenters. The second-order valence-corrected chi connectivity index (χ2v) is 3.44. The fourth-order valence-corrected chi connectivity index (χ4v) is 1.44. The van der Waals surface area contributed by atoms with Crippen LogP contribution in [0.3, 0.4) is 0 Å². The summed E-state index contributed by atoms with van der Waals surface area (Å²) in [6, 6.07) is 8.34. The number of rotatable bonds is 4. The number of aryl methyl sites for hydroxylation is 1. The van der Waals surface area contributed by atoms with Gasteiger partial charge in [-0.15, -0.1) is 0 Å². The minimum Gasteiger partial charge on any atom is -0.380 e. The minimum absolute atomic E-state index is 0.291. The molecule has 0 spiro atoms. The van der Waals surface area contributed by atoms with Crippen LogP contribution >= 0.6 is 11.8 Å². The zero-order valence-electron chi connectivity index (χ0n) is 7.12. The van der Waals surface area contributed by atoms with Crippen LogP contribution in [0.5, 0.6) is 0 Å². The standard InChI is InChI=1S/C9H11BOS/c1-8-2-4-9(5-3-8)12-7-11-6-10/h2-5H,6-7H2,1H3. The van der Waals surface area contributed by atoms with Gasteiger partial charge in [0.25, 0.3) is 0 Å². The minimum atomic E-state index is 0.291. The maximum atomic E-state index is 5.18. The van der Waals surface area contributed by atoms with E-state index in [2.05, 4.69) is 31.2 Å². The number of hydrogen-bond acceptors (Lipinski definition) is 2. The van der Waals surface area contributed by atoms with E-state index in [9.17, 15) is 0 Å². The van der Waals surface area contributed by atoms with Gasteiger partial charge in [-0.1, -0.05) is 29.5 Å². The van der Waals surface area contributed by atoms with Crippen LogP contribution in [0.1, 0.15) is 5.56 Å². The van der Waals surface area contributed by atoms with Crippen molar-refractivity contribution in [1.82, 2.24) is 0 Å². The molecule has 3 heteroatoms. The Bertz CT molecular complexity index is 222. The summed E-state index contributed by atoms with van der Waals surface area (Å²) in [7, 11) is 5.18. The van der Waals surface area contributed by atoms with E-state index < -0.39 is 0 Å². The second kappa shape index (κ2) is 5.28. The molecule has 1 nitrogen and oxygen atoms in total. The van der Waals surface area contributed by atoms with Crippen LogP contribution in [0.2, 0.25) is 0 Å². The van der Waals surface area contributed by atoms with Crippen LogP contribution in [0.15, 0.2) is 29.2 Å². The maximum absolute atomic E-state index is 5.18. The molecule has 0 saturated carbocycles. The quantitative estimate of drug-likeness (QED) is 0.302. The third-order valence-corrected chi connectivity index (χ3v) is 2.34. The van der Waals surface area contributed by atoms with Crippen LogP contribution < -0.4 is 0 Å². The molecule has 62 valence electrons. The van der Waals surface area contributed by atoms with E-state index in [1.165, 1.54) is 10.5 Å². The van der Waals surface area contributed by atoms with Gasteiger partial charge in [0.1, 0.15) is 7.85 Å². The molecule has 0 aliphatic heterocycles. The lowest BCUT2D eigenvalue weighted by Gasteiger charge is -2.01. The molecule has 0 amide bonds. The Morgan fingerprint density at radius 1 is 1.33 bits per heavy atom. The molecule has 0 atom stereocenters. The maximum Gasteiger partial charge on any atom is 0.104 e. The lowest BCUT2D eigenvalue weighted by Crippen LogP contribution is -1.91. The Kier molecular flexibility index (Phi) is 4.26. The topological polar surface area (TPSA) is 9.23 Å². The molecule has 0 aliphatic carbocycles. The smallest absolute Gasteiger partial charge is 0.104 e. The highest BCUT2D eigenvalue weighted by atomic mass is 32.2. The molecular formula is C9H11BOS. The Hall–Kier alpha value is -0.405. The van der Waals surface area contributed by atoms with Crippen molar-refractivity contribution in [2.24, 2.45) is 0 Å². The van der Waals surface area contributed by atoms with Gasteiger partial charge in [-0.05, 0) is 19.1 Å². The third kappa shape index (κ3) is 3.33. The Balaban J connectivity index is 2.37. The monoisotopic (exact) mass is 178 g/mol. The average molecular weight is 178 g/mol. The molecule has 1 aromatic rings. The fraction of sp³-hybridized carbons (Fsp3) is 0.333. The zero-order chi connectivity index (χ0) is 8.81. The third-order valence-electron chi connectivity index (χ3n) is 1.45. The van der Waals surface area contributed by atoms with Crippen molar-refractivity contribution in [2.45, 2.75) is 11.8 Å². The lowest BCUT2D eigenvalue weighted by atomic mass is 10.2. The van der Waals surface area contributed by atoms with E-state index >= 15 is 0 Å². The van der Waals surface area contributed by atoms with Crippen LogP contribution in [0, 0.1) is 6.92 Å². The van der Waals surface area contributed by atoms with Gasteiger partial charge in [0, 0.05) is 11.4 Å². The summed E-state index contributed by atoms with van der Waals surface area (Å²) in [4.78, 5) is 1.22. The van der Waals surface area contributed by atoms with Gasteiger partial charge in [-0.2, -0.15) is 0 Å².